The van der Waals surface area contributed by atoms with Gasteiger partial charge in [0, 0.05) is 40.5 Å². The van der Waals surface area contributed by atoms with Crippen molar-refractivity contribution in [3.63, 3.8) is 0 Å². The van der Waals surface area contributed by atoms with Gasteiger partial charge in [-0.25, -0.2) is 0 Å². The summed E-state index contributed by atoms with van der Waals surface area (Å²) in [6, 6.07) is 0. The molecule has 142 valence electrons. The summed E-state index contributed by atoms with van der Waals surface area (Å²) in [5.41, 5.74) is 0. The average molecular weight is 344 g/mol. The molecule has 0 bridgehead atoms. The molecule has 0 heterocycles. The van der Waals surface area contributed by atoms with Gasteiger partial charge >= 0.3 is 0 Å². The van der Waals surface area contributed by atoms with Gasteiger partial charge in [0.25, 0.3) is 0 Å². The van der Waals surface area contributed by atoms with Crippen LogP contribution in [-0.2, 0) is 14.2 Å². The number of guanidine groups is 1. The van der Waals surface area contributed by atoms with Crippen molar-refractivity contribution in [2.75, 3.05) is 53.7 Å². The maximum Gasteiger partial charge on any atom is 0.190 e. The fourth-order valence-corrected chi connectivity index (χ4v) is 3.18. The lowest BCUT2D eigenvalue weighted by Gasteiger charge is -2.24. The molecule has 0 radical (unpaired) electrons. The zero-order valence-corrected chi connectivity index (χ0v) is 15.8. The van der Waals surface area contributed by atoms with E-state index in [9.17, 15) is 0 Å². The summed E-state index contributed by atoms with van der Waals surface area (Å²) in [6.07, 6.45) is 7.74. The Morgan fingerprint density at radius 2 is 1.88 bits per heavy atom. The molecule has 0 aromatic carbocycles. The van der Waals surface area contributed by atoms with Crippen molar-refractivity contribution in [1.29, 1.82) is 0 Å². The van der Waals surface area contributed by atoms with Gasteiger partial charge in [0.1, 0.15) is 0 Å². The van der Waals surface area contributed by atoms with Gasteiger partial charge in [0.2, 0.25) is 0 Å². The van der Waals surface area contributed by atoms with Crippen LogP contribution in [0.2, 0.25) is 0 Å². The number of nitrogens with zero attached hydrogens (tertiary/aromatic N) is 1. The average Bonchev–Trinajstić information content (AvgIpc) is 3.13. The van der Waals surface area contributed by atoms with Gasteiger partial charge in [-0.3, -0.25) is 4.99 Å². The summed E-state index contributed by atoms with van der Waals surface area (Å²) in [5.74, 6) is 1.60. The van der Waals surface area contributed by atoms with E-state index in [1.807, 2.05) is 0 Å². The van der Waals surface area contributed by atoms with Gasteiger partial charge in [-0.2, -0.15) is 0 Å². The topological polar surface area (TPSA) is 64.1 Å². The maximum absolute atomic E-state index is 5.96. The van der Waals surface area contributed by atoms with Crippen LogP contribution in [0, 0.1) is 5.92 Å². The molecule has 0 aliphatic heterocycles. The predicted molar refractivity (Wildman–Crippen MR) is 98.7 cm³/mol. The Morgan fingerprint density at radius 1 is 1.12 bits per heavy atom. The van der Waals surface area contributed by atoms with Crippen molar-refractivity contribution in [1.82, 2.24) is 10.6 Å². The van der Waals surface area contributed by atoms with E-state index in [-0.39, 0.29) is 0 Å². The Balaban J connectivity index is 2.11. The predicted octanol–water partition coefficient (Wildman–Crippen LogP) is 2.19. The molecular weight excluding hydrogens is 306 g/mol. The molecule has 1 rings (SSSR count). The highest BCUT2D eigenvalue weighted by Crippen LogP contribution is 2.30. The molecule has 24 heavy (non-hydrogen) atoms. The zero-order chi connectivity index (χ0) is 17.5. The summed E-state index contributed by atoms with van der Waals surface area (Å²) in [5, 5.41) is 6.71. The van der Waals surface area contributed by atoms with Crippen LogP contribution in [0.15, 0.2) is 4.99 Å². The minimum absolute atomic E-state index is 0.386. The van der Waals surface area contributed by atoms with Crippen LogP contribution in [-0.4, -0.2) is 65.7 Å². The first-order valence-corrected chi connectivity index (χ1v) is 9.44. The Kier molecular flexibility index (Phi) is 12.8. The minimum Gasteiger partial charge on any atom is -0.382 e. The summed E-state index contributed by atoms with van der Waals surface area (Å²) >= 11 is 0. The van der Waals surface area contributed by atoms with Crippen molar-refractivity contribution in [2.24, 2.45) is 10.9 Å². The second kappa shape index (κ2) is 14.5. The molecule has 1 aliphatic rings. The van der Waals surface area contributed by atoms with E-state index in [0.717, 1.165) is 51.0 Å². The summed E-state index contributed by atoms with van der Waals surface area (Å²) in [4.78, 5) is 4.27. The van der Waals surface area contributed by atoms with Gasteiger partial charge in [-0.15, -0.1) is 0 Å². The second-order valence-electron chi connectivity index (χ2n) is 6.21. The summed E-state index contributed by atoms with van der Waals surface area (Å²) < 4.78 is 16.3. The Labute approximate surface area is 147 Å². The third kappa shape index (κ3) is 9.45. The normalized spacial score (nSPS) is 17.2. The van der Waals surface area contributed by atoms with Gasteiger partial charge in [0.05, 0.1) is 19.3 Å². The quantitative estimate of drug-likeness (QED) is 0.305. The largest absolute Gasteiger partial charge is 0.382 e. The highest BCUT2D eigenvalue weighted by atomic mass is 16.5. The summed E-state index contributed by atoms with van der Waals surface area (Å²) in [7, 11) is 3.49. The highest BCUT2D eigenvalue weighted by Gasteiger charge is 2.24. The molecular formula is C18H37N3O3. The minimum atomic E-state index is 0.386. The molecule has 0 aromatic heterocycles. The van der Waals surface area contributed by atoms with E-state index in [1.165, 1.54) is 25.7 Å². The summed E-state index contributed by atoms with van der Waals surface area (Å²) in [6.45, 7) is 6.68. The van der Waals surface area contributed by atoms with Gasteiger partial charge in [0.15, 0.2) is 5.96 Å². The fraction of sp³-hybridized carbons (Fsp3) is 0.944. The molecule has 1 unspecified atom stereocenters. The van der Waals surface area contributed by atoms with E-state index < -0.39 is 0 Å². The molecule has 6 nitrogen and oxygen atoms in total. The van der Waals surface area contributed by atoms with Crippen LogP contribution in [0.5, 0.6) is 0 Å². The number of aliphatic imine (C=N–C) groups is 1. The van der Waals surface area contributed by atoms with Crippen LogP contribution in [0.25, 0.3) is 0 Å². The second-order valence-corrected chi connectivity index (χ2v) is 6.21. The molecule has 0 saturated heterocycles. The molecule has 0 amide bonds. The fourth-order valence-electron chi connectivity index (χ4n) is 3.18. The molecule has 0 aromatic rings. The monoisotopic (exact) mass is 343 g/mol. The Morgan fingerprint density at radius 3 is 2.54 bits per heavy atom. The number of hydrogen-bond donors (Lipinski definition) is 2. The van der Waals surface area contributed by atoms with Crippen molar-refractivity contribution >= 4 is 5.96 Å². The smallest absolute Gasteiger partial charge is 0.190 e. The first kappa shape index (κ1) is 21.2. The number of ether oxygens (including phenoxy) is 3. The number of nitrogens with one attached hydrogen (secondary N) is 2. The van der Waals surface area contributed by atoms with Gasteiger partial charge in [-0.1, -0.05) is 12.8 Å². The van der Waals surface area contributed by atoms with E-state index in [2.05, 4.69) is 22.5 Å². The van der Waals surface area contributed by atoms with E-state index in [0.29, 0.717) is 19.3 Å². The van der Waals surface area contributed by atoms with Crippen molar-refractivity contribution in [3.05, 3.63) is 0 Å². The van der Waals surface area contributed by atoms with Crippen LogP contribution in [0.4, 0.5) is 0 Å². The van der Waals surface area contributed by atoms with Crippen molar-refractivity contribution < 1.29 is 14.2 Å². The van der Waals surface area contributed by atoms with Gasteiger partial charge in [-0.05, 0) is 38.5 Å². The number of methoxy groups -OCH3 is 1. The lowest BCUT2D eigenvalue weighted by Crippen LogP contribution is -2.40. The number of hydrogen-bond acceptors (Lipinski definition) is 4. The first-order chi connectivity index (χ1) is 11.8. The third-order valence-electron chi connectivity index (χ3n) is 4.44. The molecule has 0 spiro atoms. The van der Waals surface area contributed by atoms with Crippen LogP contribution in [0.3, 0.4) is 0 Å². The van der Waals surface area contributed by atoms with Crippen LogP contribution < -0.4 is 10.6 Å². The molecule has 1 atom stereocenters. The van der Waals surface area contributed by atoms with Crippen molar-refractivity contribution in [3.8, 4) is 0 Å². The standard InChI is InChI=1S/C18H37N3O3/c1-4-24-17(16-8-5-6-9-16)10-12-21-18(19-2)20-11-7-13-23-15-14-22-3/h16-17H,4-15H2,1-3H3,(H2,19,20,21). The van der Waals surface area contributed by atoms with E-state index >= 15 is 0 Å². The first-order valence-electron chi connectivity index (χ1n) is 9.44. The number of rotatable bonds is 13. The maximum atomic E-state index is 5.96. The van der Waals surface area contributed by atoms with E-state index in [4.69, 9.17) is 14.2 Å². The van der Waals surface area contributed by atoms with Gasteiger partial charge < -0.3 is 24.8 Å². The molecule has 1 fully saturated rings. The lowest BCUT2D eigenvalue weighted by molar-refractivity contribution is 0.0169. The molecule has 6 heteroatoms. The third-order valence-corrected chi connectivity index (χ3v) is 4.44. The molecule has 1 saturated carbocycles. The zero-order valence-electron chi connectivity index (χ0n) is 15.8. The Hall–Kier alpha value is -0.850. The highest BCUT2D eigenvalue weighted by molar-refractivity contribution is 5.79. The van der Waals surface area contributed by atoms with Crippen LogP contribution >= 0.6 is 0 Å². The molecule has 2 N–H and O–H groups in total. The van der Waals surface area contributed by atoms with Crippen molar-refractivity contribution in [2.45, 2.75) is 51.6 Å². The van der Waals surface area contributed by atoms with Crippen LogP contribution in [0.1, 0.15) is 45.4 Å². The Bertz CT molecular complexity index is 321. The SMILES string of the molecule is CCOC(CCNC(=NC)NCCCOCCOC)C1CCCC1. The van der Waals surface area contributed by atoms with E-state index in [1.54, 1.807) is 14.2 Å². The molecule has 1 aliphatic carbocycles. The lowest BCUT2D eigenvalue weighted by atomic mass is 9.98.